The summed E-state index contributed by atoms with van der Waals surface area (Å²) in [7, 11) is 0. The van der Waals surface area contributed by atoms with Gasteiger partial charge in [-0.2, -0.15) is 0 Å². The number of ether oxygens (including phenoxy) is 2. The van der Waals surface area contributed by atoms with Crippen molar-refractivity contribution in [1.82, 2.24) is 10.6 Å². The molecule has 2 amide bonds. The van der Waals surface area contributed by atoms with Gasteiger partial charge in [0, 0.05) is 5.70 Å². The molecule has 1 heterocycles. The summed E-state index contributed by atoms with van der Waals surface area (Å²) in [4.78, 5) is 24.5. The van der Waals surface area contributed by atoms with Crippen LogP contribution in [0.2, 0.25) is 0 Å². The Balaban J connectivity index is 2.35. The highest BCUT2D eigenvalue weighted by Crippen LogP contribution is 2.33. The van der Waals surface area contributed by atoms with Gasteiger partial charge in [-0.15, -0.1) is 0 Å². The smallest absolute Gasteiger partial charge is 0.338 e. The Hall–Kier alpha value is -2.02. The van der Waals surface area contributed by atoms with Gasteiger partial charge in [0.25, 0.3) is 0 Å². The average Bonchev–Trinajstić information content (AvgIpc) is 2.53. The lowest BCUT2D eigenvalue weighted by atomic mass is 9.95. The van der Waals surface area contributed by atoms with Crippen molar-refractivity contribution in [2.75, 3.05) is 6.61 Å². The molecule has 0 aromatic heterocycles. The maximum Gasteiger partial charge on any atom is 0.338 e. The van der Waals surface area contributed by atoms with E-state index in [1.807, 2.05) is 45.9 Å². The molecule has 0 bridgehead atoms. The first-order valence-corrected chi connectivity index (χ1v) is 9.39. The minimum Gasteiger partial charge on any atom is -0.490 e. The number of halogens is 1. The molecule has 1 aliphatic rings. The van der Waals surface area contributed by atoms with Crippen molar-refractivity contribution in [1.29, 1.82) is 0 Å². The zero-order valence-electron chi connectivity index (χ0n) is 15.7. The number of allylic oxidation sites excluding steroid dienone is 1. The number of hydrogen-bond acceptors (Lipinski definition) is 4. The van der Waals surface area contributed by atoms with E-state index < -0.39 is 12.0 Å². The highest BCUT2D eigenvalue weighted by Gasteiger charge is 2.32. The van der Waals surface area contributed by atoms with Gasteiger partial charge >= 0.3 is 12.0 Å². The van der Waals surface area contributed by atoms with E-state index in [0.29, 0.717) is 23.6 Å². The molecule has 26 heavy (non-hydrogen) atoms. The van der Waals surface area contributed by atoms with E-state index in [-0.39, 0.29) is 18.1 Å². The lowest BCUT2D eigenvalue weighted by Gasteiger charge is -2.28. The number of rotatable bonds is 6. The maximum absolute atomic E-state index is 12.6. The van der Waals surface area contributed by atoms with Gasteiger partial charge < -0.3 is 20.1 Å². The first kappa shape index (κ1) is 20.3. The third-order valence-corrected chi connectivity index (χ3v) is 4.31. The Morgan fingerprint density at radius 2 is 1.96 bits per heavy atom. The molecular weight excluding hydrogens is 400 g/mol. The van der Waals surface area contributed by atoms with Gasteiger partial charge in [-0.1, -0.05) is 19.9 Å². The summed E-state index contributed by atoms with van der Waals surface area (Å²) in [6.45, 7) is 9.85. The molecule has 1 aromatic rings. The Morgan fingerprint density at radius 3 is 2.54 bits per heavy atom. The second-order valence-electron chi connectivity index (χ2n) is 6.92. The van der Waals surface area contributed by atoms with Crippen molar-refractivity contribution in [3.05, 3.63) is 39.5 Å². The number of urea groups is 1. The second-order valence-corrected chi connectivity index (χ2v) is 7.77. The summed E-state index contributed by atoms with van der Waals surface area (Å²) in [5.41, 5.74) is 1.65. The molecule has 1 aliphatic heterocycles. The van der Waals surface area contributed by atoms with Crippen molar-refractivity contribution in [3.8, 4) is 5.75 Å². The lowest BCUT2D eigenvalue weighted by Crippen LogP contribution is -2.45. The second kappa shape index (κ2) is 8.58. The highest BCUT2D eigenvalue weighted by molar-refractivity contribution is 9.10. The van der Waals surface area contributed by atoms with Gasteiger partial charge in [0.2, 0.25) is 0 Å². The van der Waals surface area contributed by atoms with Gasteiger partial charge in [-0.05, 0) is 60.3 Å². The number of carbonyl (C=O) groups excluding carboxylic acids is 2. The topological polar surface area (TPSA) is 76.7 Å². The predicted molar refractivity (Wildman–Crippen MR) is 103 cm³/mol. The molecule has 142 valence electrons. The fourth-order valence-corrected chi connectivity index (χ4v) is 3.07. The molecule has 1 unspecified atom stereocenters. The van der Waals surface area contributed by atoms with Crippen molar-refractivity contribution < 1.29 is 19.1 Å². The normalized spacial score (nSPS) is 17.2. The van der Waals surface area contributed by atoms with Gasteiger partial charge in [0.1, 0.15) is 5.75 Å². The van der Waals surface area contributed by atoms with E-state index >= 15 is 0 Å². The monoisotopic (exact) mass is 424 g/mol. The fourth-order valence-electron chi connectivity index (χ4n) is 2.58. The molecule has 1 atom stereocenters. The van der Waals surface area contributed by atoms with Crippen molar-refractivity contribution in [3.63, 3.8) is 0 Å². The van der Waals surface area contributed by atoms with E-state index in [9.17, 15) is 9.59 Å². The summed E-state index contributed by atoms with van der Waals surface area (Å²) < 4.78 is 11.9. The average molecular weight is 425 g/mol. The van der Waals surface area contributed by atoms with Crippen molar-refractivity contribution >= 4 is 27.9 Å². The van der Waals surface area contributed by atoms with Gasteiger partial charge in [-0.25, -0.2) is 9.59 Å². The highest BCUT2D eigenvalue weighted by atomic mass is 79.9. The van der Waals surface area contributed by atoms with Gasteiger partial charge in [0.05, 0.1) is 28.8 Å². The van der Waals surface area contributed by atoms with Crippen LogP contribution in [0.5, 0.6) is 5.75 Å². The summed E-state index contributed by atoms with van der Waals surface area (Å²) in [5, 5.41) is 5.44. The Morgan fingerprint density at radius 1 is 1.27 bits per heavy atom. The molecular formula is C19H25BrN2O4. The summed E-state index contributed by atoms with van der Waals surface area (Å²) in [6, 6.07) is 4.55. The van der Waals surface area contributed by atoms with Crippen LogP contribution < -0.4 is 15.4 Å². The number of esters is 1. The Labute approximate surface area is 162 Å². The van der Waals surface area contributed by atoms with Crippen LogP contribution in [0.15, 0.2) is 33.9 Å². The Bertz CT molecular complexity index is 728. The van der Waals surface area contributed by atoms with E-state index in [2.05, 4.69) is 26.6 Å². The van der Waals surface area contributed by atoms with Crippen LogP contribution in [-0.2, 0) is 9.53 Å². The number of benzene rings is 1. The SMILES string of the molecule is CC1=C(C(=O)OCC(C)C)C(c2ccc(OC(C)C)c(Br)c2)NC(=O)N1. The largest absolute Gasteiger partial charge is 0.490 e. The molecule has 0 saturated heterocycles. The number of amides is 2. The lowest BCUT2D eigenvalue weighted by molar-refractivity contribution is -0.140. The maximum atomic E-state index is 12.6. The van der Waals surface area contributed by atoms with Crippen molar-refractivity contribution in [2.45, 2.75) is 46.8 Å². The molecule has 7 heteroatoms. The molecule has 0 spiro atoms. The Kier molecular flexibility index (Phi) is 6.69. The van der Waals surface area contributed by atoms with Gasteiger partial charge in [0.15, 0.2) is 0 Å². The minimum absolute atomic E-state index is 0.0412. The molecule has 0 fully saturated rings. The van der Waals surface area contributed by atoms with E-state index in [4.69, 9.17) is 9.47 Å². The van der Waals surface area contributed by atoms with Crippen LogP contribution in [0.1, 0.15) is 46.2 Å². The third kappa shape index (κ3) is 5.00. The van der Waals surface area contributed by atoms with Crippen LogP contribution in [0.4, 0.5) is 4.79 Å². The predicted octanol–water partition coefficient (Wildman–Crippen LogP) is 4.06. The summed E-state index contributed by atoms with van der Waals surface area (Å²) >= 11 is 3.49. The molecule has 0 saturated carbocycles. The minimum atomic E-state index is -0.590. The molecule has 2 N–H and O–H groups in total. The standard InChI is InChI=1S/C19H25BrN2O4/c1-10(2)9-25-18(23)16-12(5)21-19(24)22-17(16)13-6-7-15(14(20)8-13)26-11(3)4/h6-8,10-11,17H,9H2,1-5H3,(H2,21,22,24). The number of hydrogen-bond donors (Lipinski definition) is 2. The van der Waals surface area contributed by atoms with E-state index in [1.165, 1.54) is 0 Å². The van der Waals surface area contributed by atoms with Gasteiger partial charge in [-0.3, -0.25) is 0 Å². The van der Waals surface area contributed by atoms with Crippen LogP contribution in [0, 0.1) is 5.92 Å². The van der Waals surface area contributed by atoms with Crippen LogP contribution >= 0.6 is 15.9 Å². The molecule has 0 radical (unpaired) electrons. The van der Waals surface area contributed by atoms with E-state index in [0.717, 1.165) is 10.0 Å². The molecule has 6 nitrogen and oxygen atoms in total. The van der Waals surface area contributed by atoms with Crippen LogP contribution in [0.3, 0.4) is 0 Å². The molecule has 0 aliphatic carbocycles. The van der Waals surface area contributed by atoms with Crippen LogP contribution in [0.25, 0.3) is 0 Å². The first-order valence-electron chi connectivity index (χ1n) is 8.60. The molecule has 1 aromatic carbocycles. The van der Waals surface area contributed by atoms with Crippen LogP contribution in [-0.4, -0.2) is 24.7 Å². The zero-order valence-corrected chi connectivity index (χ0v) is 17.3. The quantitative estimate of drug-likeness (QED) is 0.674. The fraction of sp³-hybridized carbons (Fsp3) is 0.474. The third-order valence-electron chi connectivity index (χ3n) is 3.69. The zero-order chi connectivity index (χ0) is 19.4. The summed E-state index contributed by atoms with van der Waals surface area (Å²) in [6.07, 6.45) is 0.0412. The summed E-state index contributed by atoms with van der Waals surface area (Å²) in [5.74, 6) is 0.493. The first-order chi connectivity index (χ1) is 12.2. The number of nitrogens with one attached hydrogen (secondary N) is 2. The molecule has 2 rings (SSSR count). The van der Waals surface area contributed by atoms with E-state index in [1.54, 1.807) is 6.92 Å². The van der Waals surface area contributed by atoms with Crippen molar-refractivity contribution in [2.24, 2.45) is 5.92 Å². The number of carbonyl (C=O) groups is 2.